The van der Waals surface area contributed by atoms with Gasteiger partial charge in [0.25, 0.3) is 0 Å². The van der Waals surface area contributed by atoms with Crippen LogP contribution in [0.25, 0.3) is 0 Å². The lowest BCUT2D eigenvalue weighted by Gasteiger charge is -2.36. The number of benzene rings is 3. The van der Waals surface area contributed by atoms with Crippen molar-refractivity contribution in [3.8, 4) is 0 Å². The molecule has 12 heterocycles. The number of aromatic nitrogens is 9. The molecule has 36 heteroatoms. The van der Waals surface area contributed by atoms with Crippen molar-refractivity contribution in [2.24, 2.45) is 32.7 Å². The molecule has 9 aromatic rings. The number of carbonyl (C=O) groups excluding carboxylic acids is 3. The van der Waals surface area contributed by atoms with Crippen LogP contribution in [-0.4, -0.2) is 174 Å². The van der Waals surface area contributed by atoms with Crippen molar-refractivity contribution in [3.63, 3.8) is 0 Å². The second kappa shape index (κ2) is 37.6. The van der Waals surface area contributed by atoms with Gasteiger partial charge in [0.15, 0.2) is 38.2 Å². The van der Waals surface area contributed by atoms with Crippen LogP contribution < -0.4 is 30.7 Å². The SMILES string of the molecule is CCOC(=O)C1=C(C2CCN(c3ncc(CC(=O)O)cn3)CC2)NC(c2nccs2)=NC1c1cccc(F)c1C.COC(=O)C1=C(C2CCN(c3ncc(C)c(C(=O)O)n3)CC2)NC(c2nccs2)=NC1c1cccc(F)c1C.COC(=O)C1=C(C2CCN(c3ncc(CC(=O)O)cn3)CC2)NC(c2nccs2)=NC1c1cccc(F)c1C. The molecule has 3 atom stereocenters. The molecule has 6 N–H and O–H groups in total. The summed E-state index contributed by atoms with van der Waals surface area (Å²) in [5.41, 5.74) is 7.74. The fourth-order valence-corrected chi connectivity index (χ4v) is 16.8. The van der Waals surface area contributed by atoms with Gasteiger partial charge < -0.3 is 60.2 Å². The largest absolute Gasteiger partial charge is 0.481 e. The van der Waals surface area contributed by atoms with Gasteiger partial charge in [0.1, 0.15) is 35.6 Å². The highest BCUT2D eigenvalue weighted by Gasteiger charge is 2.42. The molecule has 0 amide bonds. The van der Waals surface area contributed by atoms with Crippen LogP contribution in [0.2, 0.25) is 0 Å². The molecular formula is C82H83F3N18O12S3. The molecular weight excluding hydrogens is 1580 g/mol. The molecule has 3 unspecified atom stereocenters. The van der Waals surface area contributed by atoms with Crippen LogP contribution in [0.4, 0.5) is 31.0 Å². The van der Waals surface area contributed by atoms with Crippen LogP contribution in [-0.2, 0) is 51.0 Å². The molecule has 6 aliphatic rings. The minimum absolute atomic E-state index is 0.0237. The number of ether oxygens (including phenoxy) is 3. The molecule has 0 saturated carbocycles. The zero-order chi connectivity index (χ0) is 83.4. The zero-order valence-corrected chi connectivity index (χ0v) is 67.6. The Morgan fingerprint density at radius 2 is 0.780 bits per heavy atom. The molecule has 30 nitrogen and oxygen atoms in total. The highest BCUT2D eigenvalue weighted by Crippen LogP contribution is 2.44. The number of esters is 3. The highest BCUT2D eigenvalue weighted by atomic mass is 32.1. The molecule has 6 aliphatic heterocycles. The summed E-state index contributed by atoms with van der Waals surface area (Å²) < 4.78 is 59.8. The predicted molar refractivity (Wildman–Crippen MR) is 434 cm³/mol. The number of rotatable bonds is 21. The number of thiazole rings is 3. The summed E-state index contributed by atoms with van der Waals surface area (Å²) in [5, 5.41) is 45.1. The third kappa shape index (κ3) is 18.8. The number of aliphatic carboxylic acids is 2. The van der Waals surface area contributed by atoms with Crippen LogP contribution in [0.15, 0.2) is 169 Å². The molecule has 3 fully saturated rings. The lowest BCUT2D eigenvalue weighted by atomic mass is 9.85. The maximum absolute atomic E-state index is 14.7. The van der Waals surface area contributed by atoms with Gasteiger partial charge in [0.2, 0.25) is 17.8 Å². The summed E-state index contributed by atoms with van der Waals surface area (Å²) >= 11 is 4.26. The molecule has 0 spiro atoms. The van der Waals surface area contributed by atoms with Gasteiger partial charge in [-0.05, 0) is 125 Å². The minimum Gasteiger partial charge on any atom is -0.481 e. The Morgan fingerprint density at radius 1 is 0.458 bits per heavy atom. The number of amidine groups is 3. The van der Waals surface area contributed by atoms with E-state index in [2.05, 4.69) is 60.8 Å². The van der Waals surface area contributed by atoms with E-state index in [0.29, 0.717) is 212 Å². The second-order valence-corrected chi connectivity index (χ2v) is 31.0. The van der Waals surface area contributed by atoms with E-state index in [1.165, 1.54) is 97.4 Å². The number of nitrogens with zero attached hydrogens (tertiary/aromatic N) is 15. The van der Waals surface area contributed by atoms with Gasteiger partial charge in [-0.1, -0.05) is 36.4 Å². The number of carbonyl (C=O) groups is 6. The number of hydrogen-bond acceptors (Lipinski definition) is 30. The third-order valence-corrected chi connectivity index (χ3v) is 23.4. The Labute approximate surface area is 687 Å². The summed E-state index contributed by atoms with van der Waals surface area (Å²) in [5.74, 6) is -2.80. The van der Waals surface area contributed by atoms with Gasteiger partial charge in [-0.25, -0.2) is 77.2 Å². The van der Waals surface area contributed by atoms with Crippen molar-refractivity contribution in [3.05, 3.63) is 242 Å². The maximum Gasteiger partial charge on any atom is 0.354 e. The number of aryl methyl sites for hydroxylation is 1. The number of allylic oxidation sites excluding steroid dienone is 3. The number of carboxylic acid groups (broad SMARTS) is 3. The standard InChI is InChI=1S/C28H29FN6O4S.2C27H27FN6O4S/c1-3-39-27(38)22-23(18-7-10-35(11-8-18)28-31-14-17(15-32-28)13-21(36)37)33-25(26-30-9-12-40-26)34-24(22)19-5-4-6-20(29)16(19)2;1-14-13-30-27(33-20(14)25(35)36)34-10-7-16(8-11-34)21-19(26(37)38-3)22(17-5-4-6-18(28)15(17)2)32-23(31-21)24-29-9-12-39-24;1-15-18(4-3-5-19(15)28)23-21(26(37)38-2)22(32-24(33-23)25-29-8-11-39-25)17-6-9-34(10-7-17)27-30-13-16(14-31-27)12-20(35)36/h4-6,9,12,14-15,18,24H,3,7-8,10-11,13H2,1-2H3,(H,33,34)(H,36,37);4-6,9,12-13,16,22H,7-8,10-11H2,1-3H3,(H,31,32)(H,35,36);3-5,8,11,13-14,17,23H,6-7,9-10,12H2,1-2H3,(H,32,33)(H,35,36). The normalized spacial score (nSPS) is 17.9. The van der Waals surface area contributed by atoms with Crippen LogP contribution >= 0.6 is 34.0 Å². The quantitative estimate of drug-likeness (QED) is 0.0287. The molecule has 3 aromatic carbocycles. The molecule has 0 bridgehead atoms. The highest BCUT2D eigenvalue weighted by molar-refractivity contribution is 7.12. The lowest BCUT2D eigenvalue weighted by Crippen LogP contribution is -2.42. The Balaban J connectivity index is 0.000000153. The van der Waals surface area contributed by atoms with E-state index in [-0.39, 0.29) is 60.3 Å². The molecule has 3 saturated heterocycles. The summed E-state index contributed by atoms with van der Waals surface area (Å²) in [6, 6.07) is 12.1. The van der Waals surface area contributed by atoms with E-state index < -0.39 is 53.9 Å². The first kappa shape index (κ1) is 83.4. The zero-order valence-electron chi connectivity index (χ0n) is 65.2. The first-order chi connectivity index (χ1) is 57.0. The fourth-order valence-electron chi connectivity index (χ4n) is 15.0. The Morgan fingerprint density at radius 3 is 1.08 bits per heavy atom. The molecule has 118 heavy (non-hydrogen) atoms. The topological polar surface area (TPSA) is 390 Å². The molecule has 0 radical (unpaired) electrons. The Hall–Kier alpha value is -12.6. The first-order valence-electron chi connectivity index (χ1n) is 37.9. The molecule has 6 aromatic heterocycles. The van der Waals surface area contributed by atoms with E-state index in [1.807, 2.05) is 30.8 Å². The Bertz CT molecular complexity index is 5420. The fraction of sp³-hybridized carbons (Fsp3) is 0.341. The summed E-state index contributed by atoms with van der Waals surface area (Å²) in [7, 11) is 2.65. The second-order valence-electron chi connectivity index (χ2n) is 28.3. The van der Waals surface area contributed by atoms with Crippen LogP contribution in [0.1, 0.15) is 139 Å². The van der Waals surface area contributed by atoms with Crippen molar-refractivity contribution < 1.29 is 71.5 Å². The van der Waals surface area contributed by atoms with Gasteiger partial charge in [-0.15, -0.1) is 34.0 Å². The monoisotopic (exact) mass is 1660 g/mol. The average Bonchev–Trinajstić information content (AvgIpc) is 1.13. The van der Waals surface area contributed by atoms with Gasteiger partial charge in [-0.2, -0.15) is 0 Å². The average molecular weight is 1670 g/mol. The number of anilines is 3. The smallest absolute Gasteiger partial charge is 0.354 e. The van der Waals surface area contributed by atoms with E-state index >= 15 is 0 Å². The number of halogens is 3. The number of hydrogen-bond donors (Lipinski definition) is 6. The van der Waals surface area contributed by atoms with Gasteiger partial charge in [0.05, 0.1) is 50.4 Å². The van der Waals surface area contributed by atoms with E-state index in [0.717, 1.165) is 0 Å². The number of aromatic carboxylic acids is 1. The Kier molecular flexibility index (Phi) is 26.6. The molecule has 0 aliphatic carbocycles. The lowest BCUT2D eigenvalue weighted by molar-refractivity contribution is -0.139. The van der Waals surface area contributed by atoms with Crippen molar-refractivity contribution in [1.29, 1.82) is 0 Å². The third-order valence-electron chi connectivity index (χ3n) is 21.1. The summed E-state index contributed by atoms with van der Waals surface area (Å²) in [6.07, 6.45) is 16.4. The van der Waals surface area contributed by atoms with Gasteiger partial charge >= 0.3 is 35.8 Å². The predicted octanol–water partition coefficient (Wildman–Crippen LogP) is 11.1. The van der Waals surface area contributed by atoms with E-state index in [1.54, 1.807) is 89.6 Å². The number of aliphatic imine (C=N–C) groups is 3. The van der Waals surface area contributed by atoms with E-state index in [9.17, 15) is 47.0 Å². The van der Waals surface area contributed by atoms with Crippen molar-refractivity contribution in [2.45, 2.75) is 104 Å². The minimum atomic E-state index is -1.10. The van der Waals surface area contributed by atoms with Crippen molar-refractivity contribution in [2.75, 3.05) is 74.8 Å². The first-order valence-corrected chi connectivity index (χ1v) is 40.5. The van der Waals surface area contributed by atoms with Crippen molar-refractivity contribution in [1.82, 2.24) is 60.8 Å². The maximum atomic E-state index is 14.7. The molecule has 15 rings (SSSR count). The number of piperidine rings is 3. The van der Waals surface area contributed by atoms with Crippen LogP contribution in [0.3, 0.4) is 0 Å². The summed E-state index contributed by atoms with van der Waals surface area (Å²) in [6.45, 7) is 12.2. The van der Waals surface area contributed by atoms with Gasteiger partial charge in [0, 0.05) is 157 Å². The number of nitrogens with one attached hydrogen (secondary N) is 3. The van der Waals surface area contributed by atoms with Crippen LogP contribution in [0.5, 0.6) is 0 Å². The summed E-state index contributed by atoms with van der Waals surface area (Å²) in [4.78, 5) is 133. The van der Waals surface area contributed by atoms with E-state index in [4.69, 9.17) is 39.4 Å². The number of methoxy groups -OCH3 is 2. The van der Waals surface area contributed by atoms with Gasteiger partial charge in [-0.3, -0.25) is 24.6 Å². The van der Waals surface area contributed by atoms with Crippen molar-refractivity contribution >= 4 is 105 Å². The van der Waals surface area contributed by atoms with Crippen LogP contribution in [0, 0.1) is 62.9 Å². The number of carboxylic acids is 3. The molecule has 612 valence electrons.